The van der Waals surface area contributed by atoms with E-state index in [9.17, 15) is 13.2 Å². The van der Waals surface area contributed by atoms with Crippen LogP contribution in [0.5, 0.6) is 5.75 Å². The van der Waals surface area contributed by atoms with E-state index in [2.05, 4.69) is 5.32 Å². The van der Waals surface area contributed by atoms with Crippen LogP contribution >= 0.6 is 0 Å². The van der Waals surface area contributed by atoms with Crippen molar-refractivity contribution in [3.63, 3.8) is 0 Å². The molecular weight excluding hydrogens is 440 g/mol. The van der Waals surface area contributed by atoms with Gasteiger partial charge in [-0.15, -0.1) is 0 Å². The second kappa shape index (κ2) is 12.6. The Balaban J connectivity index is 1.46. The Morgan fingerprint density at radius 3 is 2.39 bits per heavy atom. The van der Waals surface area contributed by atoms with E-state index in [0.717, 1.165) is 29.0 Å². The lowest BCUT2D eigenvalue weighted by molar-refractivity contribution is -0.119. The summed E-state index contributed by atoms with van der Waals surface area (Å²) in [6, 6.07) is 16.5. The zero-order valence-corrected chi connectivity index (χ0v) is 20.1. The molecule has 1 aliphatic carbocycles. The lowest BCUT2D eigenvalue weighted by Gasteiger charge is -2.23. The third-order valence-electron chi connectivity index (χ3n) is 5.61. The van der Waals surface area contributed by atoms with Gasteiger partial charge in [0, 0.05) is 13.2 Å². The molecule has 1 amide bonds. The minimum absolute atomic E-state index is 0.271. The number of amides is 1. The molecule has 1 fully saturated rings. The van der Waals surface area contributed by atoms with E-state index in [1.807, 2.05) is 30.3 Å². The number of benzene rings is 2. The van der Waals surface area contributed by atoms with Crippen molar-refractivity contribution < 1.29 is 22.7 Å². The van der Waals surface area contributed by atoms with Gasteiger partial charge < -0.3 is 14.8 Å². The predicted octanol–water partition coefficient (Wildman–Crippen LogP) is 3.89. The number of hydrogen-bond acceptors (Lipinski definition) is 5. The van der Waals surface area contributed by atoms with Crippen molar-refractivity contribution in [2.75, 3.05) is 30.3 Å². The van der Waals surface area contributed by atoms with Crippen molar-refractivity contribution in [3.05, 3.63) is 60.2 Å². The number of nitrogens with zero attached hydrogens (tertiary/aromatic N) is 1. The van der Waals surface area contributed by atoms with E-state index in [4.69, 9.17) is 9.47 Å². The van der Waals surface area contributed by atoms with Gasteiger partial charge in [-0.05, 0) is 49.1 Å². The molecule has 0 atom stereocenters. The Labute approximate surface area is 197 Å². The highest BCUT2D eigenvalue weighted by atomic mass is 32.2. The van der Waals surface area contributed by atoms with Crippen LogP contribution in [0.4, 0.5) is 5.69 Å². The van der Waals surface area contributed by atoms with Crippen molar-refractivity contribution in [2.45, 2.75) is 51.2 Å². The standard InChI is InChI=1S/C25H34N2O5S/c1-33(29,30)27(19-25(28)26-17-8-18-31-23-11-6-3-7-12-23)22-13-15-24(16-14-22)32-20-21-9-4-2-5-10-21/h2,4-5,9-10,13-16,23H,3,6-8,11-12,17-20H2,1H3,(H,26,28). The number of anilines is 1. The number of nitrogens with one attached hydrogen (secondary N) is 1. The van der Waals surface area contributed by atoms with Gasteiger partial charge in [0.2, 0.25) is 15.9 Å². The molecule has 0 aliphatic heterocycles. The number of carbonyl (C=O) groups excluding carboxylic acids is 1. The average molecular weight is 475 g/mol. The van der Waals surface area contributed by atoms with Crippen LogP contribution in [0.1, 0.15) is 44.1 Å². The van der Waals surface area contributed by atoms with E-state index < -0.39 is 10.0 Å². The van der Waals surface area contributed by atoms with Crippen LogP contribution < -0.4 is 14.4 Å². The smallest absolute Gasteiger partial charge is 0.240 e. The lowest BCUT2D eigenvalue weighted by atomic mass is 9.98. The van der Waals surface area contributed by atoms with Gasteiger partial charge in [-0.3, -0.25) is 9.10 Å². The van der Waals surface area contributed by atoms with Crippen LogP contribution in [0.3, 0.4) is 0 Å². The maximum atomic E-state index is 12.4. The SMILES string of the molecule is CS(=O)(=O)N(CC(=O)NCCCOC1CCCCC1)c1ccc(OCc2ccccc2)cc1. The third-order valence-corrected chi connectivity index (χ3v) is 6.75. The zero-order chi connectivity index (χ0) is 23.5. The maximum absolute atomic E-state index is 12.4. The maximum Gasteiger partial charge on any atom is 0.240 e. The second-order valence-corrected chi connectivity index (χ2v) is 10.3. The van der Waals surface area contributed by atoms with Crippen molar-refractivity contribution in [2.24, 2.45) is 0 Å². The molecule has 0 aromatic heterocycles. The molecule has 3 rings (SSSR count). The first-order valence-electron chi connectivity index (χ1n) is 11.5. The molecule has 2 aromatic rings. The van der Waals surface area contributed by atoms with Gasteiger partial charge >= 0.3 is 0 Å². The number of ether oxygens (including phenoxy) is 2. The first-order valence-corrected chi connectivity index (χ1v) is 13.4. The fourth-order valence-corrected chi connectivity index (χ4v) is 4.67. The molecular formula is C25H34N2O5S. The van der Waals surface area contributed by atoms with Crippen molar-refractivity contribution in [1.82, 2.24) is 5.32 Å². The number of hydrogen-bond donors (Lipinski definition) is 1. The molecule has 180 valence electrons. The summed E-state index contributed by atoms with van der Waals surface area (Å²) in [7, 11) is -3.62. The lowest BCUT2D eigenvalue weighted by Crippen LogP contribution is -2.40. The fraction of sp³-hybridized carbons (Fsp3) is 0.480. The minimum Gasteiger partial charge on any atom is -0.489 e. The zero-order valence-electron chi connectivity index (χ0n) is 19.2. The summed E-state index contributed by atoms with van der Waals surface area (Å²) in [5.41, 5.74) is 1.46. The van der Waals surface area contributed by atoms with Gasteiger partial charge in [0.05, 0.1) is 18.0 Å². The van der Waals surface area contributed by atoms with Gasteiger partial charge in [-0.25, -0.2) is 8.42 Å². The summed E-state index contributed by atoms with van der Waals surface area (Å²) in [6.07, 6.45) is 8.11. The van der Waals surface area contributed by atoms with Gasteiger partial charge in [-0.1, -0.05) is 49.6 Å². The summed E-state index contributed by atoms with van der Waals surface area (Å²) in [6.45, 7) is 1.20. The summed E-state index contributed by atoms with van der Waals surface area (Å²) in [5, 5.41) is 2.79. The Morgan fingerprint density at radius 1 is 1.03 bits per heavy atom. The molecule has 0 bridgehead atoms. The Bertz CT molecular complexity index is 958. The van der Waals surface area contributed by atoms with Gasteiger partial charge in [0.15, 0.2) is 0 Å². The average Bonchev–Trinajstić information content (AvgIpc) is 2.82. The second-order valence-electron chi connectivity index (χ2n) is 8.37. The molecule has 0 radical (unpaired) electrons. The summed E-state index contributed by atoms with van der Waals surface area (Å²) in [5.74, 6) is 0.279. The van der Waals surface area contributed by atoms with Crippen molar-refractivity contribution >= 4 is 21.6 Å². The molecule has 0 spiro atoms. The minimum atomic E-state index is -3.62. The van der Waals surface area contributed by atoms with Gasteiger partial charge in [-0.2, -0.15) is 0 Å². The Morgan fingerprint density at radius 2 is 1.73 bits per heavy atom. The molecule has 1 aliphatic rings. The van der Waals surface area contributed by atoms with Gasteiger partial charge in [0.1, 0.15) is 18.9 Å². The highest BCUT2D eigenvalue weighted by Crippen LogP contribution is 2.22. The van der Waals surface area contributed by atoms with Crippen LogP contribution in [0.25, 0.3) is 0 Å². The molecule has 0 heterocycles. The number of sulfonamides is 1. The van der Waals surface area contributed by atoms with E-state index >= 15 is 0 Å². The first-order chi connectivity index (χ1) is 15.9. The molecule has 1 saturated carbocycles. The topological polar surface area (TPSA) is 84.9 Å². The summed E-state index contributed by atoms with van der Waals surface area (Å²) >= 11 is 0. The molecule has 8 heteroatoms. The monoisotopic (exact) mass is 474 g/mol. The number of rotatable bonds is 12. The summed E-state index contributed by atoms with van der Waals surface area (Å²) in [4.78, 5) is 12.4. The Kier molecular flexibility index (Phi) is 9.57. The molecule has 33 heavy (non-hydrogen) atoms. The number of carbonyl (C=O) groups is 1. The van der Waals surface area contributed by atoms with E-state index in [1.54, 1.807) is 24.3 Å². The molecule has 0 unspecified atom stereocenters. The van der Waals surface area contributed by atoms with E-state index in [1.165, 1.54) is 19.3 Å². The molecule has 0 saturated heterocycles. The van der Waals surface area contributed by atoms with E-state index in [0.29, 0.717) is 43.7 Å². The highest BCUT2D eigenvalue weighted by Gasteiger charge is 2.21. The molecule has 7 nitrogen and oxygen atoms in total. The van der Waals surface area contributed by atoms with Crippen molar-refractivity contribution in [1.29, 1.82) is 0 Å². The molecule has 2 aromatic carbocycles. The third kappa shape index (κ3) is 8.70. The van der Waals surface area contributed by atoms with Crippen LogP contribution in [0, 0.1) is 0 Å². The van der Waals surface area contributed by atoms with Crippen LogP contribution in [0.15, 0.2) is 54.6 Å². The largest absolute Gasteiger partial charge is 0.489 e. The van der Waals surface area contributed by atoms with Crippen LogP contribution in [-0.2, 0) is 26.2 Å². The predicted molar refractivity (Wildman–Crippen MR) is 130 cm³/mol. The van der Waals surface area contributed by atoms with Crippen LogP contribution in [0.2, 0.25) is 0 Å². The van der Waals surface area contributed by atoms with Crippen LogP contribution in [-0.4, -0.2) is 46.4 Å². The normalized spacial score (nSPS) is 14.6. The van der Waals surface area contributed by atoms with E-state index in [-0.39, 0.29) is 12.5 Å². The fourth-order valence-electron chi connectivity index (χ4n) is 3.82. The quantitative estimate of drug-likeness (QED) is 0.472. The summed E-state index contributed by atoms with van der Waals surface area (Å²) < 4.78 is 37.3. The molecule has 1 N–H and O–H groups in total. The van der Waals surface area contributed by atoms with Gasteiger partial charge in [0.25, 0.3) is 0 Å². The first kappa shape index (κ1) is 25.1. The van der Waals surface area contributed by atoms with Crippen molar-refractivity contribution in [3.8, 4) is 5.75 Å². The highest BCUT2D eigenvalue weighted by molar-refractivity contribution is 7.92. The Hall–Kier alpha value is -2.58.